The van der Waals surface area contributed by atoms with Gasteiger partial charge in [-0.2, -0.15) is 0 Å². The summed E-state index contributed by atoms with van der Waals surface area (Å²) in [6, 6.07) is 6.98. The van der Waals surface area contributed by atoms with E-state index < -0.39 is 10.8 Å². The maximum absolute atomic E-state index is 12.0. The Bertz CT molecular complexity index is 513. The maximum atomic E-state index is 12.0. The second-order valence-electron chi connectivity index (χ2n) is 5.48. The van der Waals surface area contributed by atoms with Crippen LogP contribution in [0.2, 0.25) is 0 Å². The summed E-state index contributed by atoms with van der Waals surface area (Å²) in [4.78, 5) is 12.7. The third-order valence-corrected chi connectivity index (χ3v) is 4.78. The molecule has 1 aliphatic rings. The summed E-state index contributed by atoms with van der Waals surface area (Å²) in [6.45, 7) is 0.236. The van der Waals surface area contributed by atoms with Crippen LogP contribution in [-0.4, -0.2) is 34.3 Å². The zero-order chi connectivity index (χ0) is 15.2. The molecule has 2 rings (SSSR count). The summed E-state index contributed by atoms with van der Waals surface area (Å²) < 4.78 is 11.4. The van der Waals surface area contributed by atoms with Crippen molar-refractivity contribution < 1.29 is 14.1 Å². The molecule has 0 saturated heterocycles. The number of aliphatic hydroxyl groups excluding tert-OH is 1. The first-order valence-electron chi connectivity index (χ1n) is 7.20. The van der Waals surface area contributed by atoms with Crippen molar-refractivity contribution in [2.75, 3.05) is 18.2 Å². The number of urea groups is 1. The van der Waals surface area contributed by atoms with Gasteiger partial charge in [-0.25, -0.2) is 4.79 Å². The van der Waals surface area contributed by atoms with Crippen LogP contribution in [0.3, 0.4) is 0 Å². The van der Waals surface area contributed by atoms with Crippen molar-refractivity contribution in [3.8, 4) is 0 Å². The molecule has 0 spiro atoms. The van der Waals surface area contributed by atoms with Gasteiger partial charge in [0.1, 0.15) is 0 Å². The van der Waals surface area contributed by atoms with E-state index in [0.29, 0.717) is 16.5 Å². The number of hydrogen-bond donors (Lipinski definition) is 3. The second-order valence-corrected chi connectivity index (χ2v) is 6.86. The predicted molar refractivity (Wildman–Crippen MR) is 83.8 cm³/mol. The highest BCUT2D eigenvalue weighted by molar-refractivity contribution is 7.84. The van der Waals surface area contributed by atoms with Crippen LogP contribution in [0, 0.1) is 5.92 Å². The summed E-state index contributed by atoms with van der Waals surface area (Å²) in [7, 11) is -1.06. The van der Waals surface area contributed by atoms with Crippen LogP contribution in [0.1, 0.15) is 25.7 Å². The van der Waals surface area contributed by atoms with E-state index in [2.05, 4.69) is 10.6 Å². The molecule has 0 heterocycles. The van der Waals surface area contributed by atoms with Crippen molar-refractivity contribution >= 4 is 22.5 Å². The Morgan fingerprint density at radius 3 is 2.67 bits per heavy atom. The normalized spacial score (nSPS) is 23.3. The largest absolute Gasteiger partial charge is 0.396 e. The lowest BCUT2D eigenvalue weighted by Gasteiger charge is -2.27. The molecule has 3 N–H and O–H groups in total. The molecular weight excluding hydrogens is 288 g/mol. The maximum Gasteiger partial charge on any atom is 0.319 e. The Balaban J connectivity index is 1.85. The number of benzene rings is 1. The highest BCUT2D eigenvalue weighted by Crippen LogP contribution is 2.23. The fraction of sp³-hybridized carbons (Fsp3) is 0.533. The van der Waals surface area contributed by atoms with Gasteiger partial charge in [0, 0.05) is 40.3 Å². The fourth-order valence-corrected chi connectivity index (χ4v) is 3.16. The molecular formula is C15H22N2O3S. The number of amides is 2. The molecule has 1 saturated carbocycles. The molecule has 116 valence electrons. The first-order chi connectivity index (χ1) is 10.1. The van der Waals surface area contributed by atoms with E-state index in [1.807, 2.05) is 0 Å². The highest BCUT2D eigenvalue weighted by Gasteiger charge is 2.21. The Hall–Kier alpha value is -1.40. The van der Waals surface area contributed by atoms with Gasteiger partial charge in [0.15, 0.2) is 0 Å². The minimum Gasteiger partial charge on any atom is -0.396 e. The van der Waals surface area contributed by atoms with Gasteiger partial charge >= 0.3 is 6.03 Å². The summed E-state index contributed by atoms with van der Waals surface area (Å²) in [6.07, 6.45) is 5.31. The van der Waals surface area contributed by atoms with Gasteiger partial charge in [-0.3, -0.25) is 4.21 Å². The topological polar surface area (TPSA) is 78.4 Å². The fourth-order valence-electron chi connectivity index (χ4n) is 2.59. The third kappa shape index (κ3) is 4.82. The number of nitrogens with one attached hydrogen (secondary N) is 2. The molecule has 0 radical (unpaired) electrons. The number of anilines is 1. The number of aliphatic hydroxyl groups is 1. The smallest absolute Gasteiger partial charge is 0.319 e. The van der Waals surface area contributed by atoms with Gasteiger partial charge < -0.3 is 15.7 Å². The molecule has 0 aromatic heterocycles. The first-order valence-corrected chi connectivity index (χ1v) is 8.76. The molecule has 1 aliphatic carbocycles. The minimum atomic E-state index is -1.06. The molecule has 1 unspecified atom stereocenters. The molecule has 5 nitrogen and oxygen atoms in total. The molecule has 1 atom stereocenters. The monoisotopic (exact) mass is 310 g/mol. The Kier molecular flexibility index (Phi) is 5.76. The van der Waals surface area contributed by atoms with Gasteiger partial charge in [-0.05, 0) is 49.8 Å². The van der Waals surface area contributed by atoms with E-state index >= 15 is 0 Å². The Labute approximate surface area is 127 Å². The van der Waals surface area contributed by atoms with Crippen molar-refractivity contribution in [3.05, 3.63) is 24.3 Å². The summed E-state index contributed by atoms with van der Waals surface area (Å²) in [5.41, 5.74) is 0.643. The van der Waals surface area contributed by atoms with Crippen LogP contribution in [0.5, 0.6) is 0 Å². The Morgan fingerprint density at radius 2 is 2.05 bits per heavy atom. The van der Waals surface area contributed by atoms with Crippen molar-refractivity contribution in [2.45, 2.75) is 36.6 Å². The third-order valence-electron chi connectivity index (χ3n) is 3.86. The Morgan fingerprint density at radius 1 is 1.33 bits per heavy atom. The second kappa shape index (κ2) is 7.56. The number of carbonyl (C=O) groups excluding carboxylic acids is 1. The lowest BCUT2D eigenvalue weighted by atomic mass is 9.87. The SMILES string of the molecule is CS(=O)c1cccc(NC(=O)NC2CCC(CO)CC2)c1. The van der Waals surface area contributed by atoms with Gasteiger partial charge in [0.05, 0.1) is 0 Å². The number of rotatable bonds is 4. The lowest BCUT2D eigenvalue weighted by Crippen LogP contribution is -2.40. The average molecular weight is 310 g/mol. The number of carbonyl (C=O) groups is 1. The van der Waals surface area contributed by atoms with E-state index in [9.17, 15) is 9.00 Å². The standard InChI is InChI=1S/C15H22N2O3S/c1-21(20)14-4-2-3-13(9-14)17-15(19)16-12-7-5-11(10-18)6-8-12/h2-4,9,11-12,18H,5-8,10H2,1H3,(H2,16,17,19). The van der Waals surface area contributed by atoms with Crippen molar-refractivity contribution in [1.29, 1.82) is 0 Å². The summed E-state index contributed by atoms with van der Waals surface area (Å²) in [5.74, 6) is 0.377. The molecule has 21 heavy (non-hydrogen) atoms. The van der Waals surface area contributed by atoms with Crippen LogP contribution in [-0.2, 0) is 10.8 Å². The zero-order valence-corrected chi connectivity index (χ0v) is 13.0. The van der Waals surface area contributed by atoms with Gasteiger partial charge in [-0.15, -0.1) is 0 Å². The van der Waals surface area contributed by atoms with Gasteiger partial charge in [-0.1, -0.05) is 6.07 Å². The van der Waals surface area contributed by atoms with Crippen molar-refractivity contribution in [3.63, 3.8) is 0 Å². The van der Waals surface area contributed by atoms with Crippen LogP contribution in [0.15, 0.2) is 29.2 Å². The highest BCUT2D eigenvalue weighted by atomic mass is 32.2. The molecule has 0 bridgehead atoms. The quantitative estimate of drug-likeness (QED) is 0.797. The summed E-state index contributed by atoms with van der Waals surface area (Å²) in [5, 5.41) is 14.8. The van der Waals surface area contributed by atoms with E-state index in [4.69, 9.17) is 5.11 Å². The predicted octanol–water partition coefficient (Wildman–Crippen LogP) is 2.10. The van der Waals surface area contributed by atoms with E-state index in [1.54, 1.807) is 30.5 Å². The van der Waals surface area contributed by atoms with Crippen molar-refractivity contribution in [1.82, 2.24) is 5.32 Å². The van der Waals surface area contributed by atoms with Crippen molar-refractivity contribution in [2.24, 2.45) is 5.92 Å². The van der Waals surface area contributed by atoms with Crippen LogP contribution in [0.25, 0.3) is 0 Å². The van der Waals surface area contributed by atoms with Gasteiger partial charge in [0.25, 0.3) is 0 Å². The zero-order valence-electron chi connectivity index (χ0n) is 12.2. The van der Waals surface area contributed by atoms with E-state index in [-0.39, 0.29) is 18.7 Å². The molecule has 1 fully saturated rings. The van der Waals surface area contributed by atoms with Crippen LogP contribution >= 0.6 is 0 Å². The van der Waals surface area contributed by atoms with E-state index in [1.165, 1.54) is 0 Å². The molecule has 6 heteroatoms. The molecule has 1 aromatic carbocycles. The lowest BCUT2D eigenvalue weighted by molar-refractivity contribution is 0.176. The van der Waals surface area contributed by atoms with Gasteiger partial charge in [0.2, 0.25) is 0 Å². The molecule has 0 aliphatic heterocycles. The first kappa shape index (κ1) is 16.0. The minimum absolute atomic E-state index is 0.163. The number of hydrogen-bond acceptors (Lipinski definition) is 3. The average Bonchev–Trinajstić information content (AvgIpc) is 2.48. The van der Waals surface area contributed by atoms with Crippen LogP contribution in [0.4, 0.5) is 10.5 Å². The summed E-state index contributed by atoms with van der Waals surface area (Å²) >= 11 is 0. The molecule has 1 aromatic rings. The van der Waals surface area contributed by atoms with E-state index in [0.717, 1.165) is 25.7 Å². The molecule has 2 amide bonds. The van der Waals surface area contributed by atoms with Crippen LogP contribution < -0.4 is 10.6 Å².